The lowest BCUT2D eigenvalue weighted by Gasteiger charge is -2.16. The number of hydrogen-bond donors (Lipinski definition) is 1. The Labute approximate surface area is 113 Å². The summed E-state index contributed by atoms with van der Waals surface area (Å²) in [5.41, 5.74) is 4.59. The van der Waals surface area contributed by atoms with Crippen molar-refractivity contribution < 1.29 is 9.50 Å². The van der Waals surface area contributed by atoms with Gasteiger partial charge in [-0.3, -0.25) is 0 Å². The number of hydrogen-bond acceptors (Lipinski definition) is 1. The second-order valence-corrected chi connectivity index (χ2v) is 5.12. The van der Waals surface area contributed by atoms with Crippen molar-refractivity contribution in [3.8, 4) is 0 Å². The second-order valence-electron chi connectivity index (χ2n) is 5.12. The van der Waals surface area contributed by atoms with E-state index in [2.05, 4.69) is 0 Å². The Morgan fingerprint density at radius 2 is 1.68 bits per heavy atom. The van der Waals surface area contributed by atoms with Crippen molar-refractivity contribution in [2.45, 2.75) is 33.3 Å². The molecule has 0 heterocycles. The first-order valence-electron chi connectivity index (χ1n) is 6.48. The fraction of sp³-hybridized carbons (Fsp3) is 0.294. The number of aliphatic hydroxyl groups excluding tert-OH is 1. The lowest BCUT2D eigenvalue weighted by molar-refractivity contribution is 0.173. The quantitative estimate of drug-likeness (QED) is 0.881. The molecule has 0 bridgehead atoms. The number of benzene rings is 2. The molecule has 1 unspecified atom stereocenters. The maximum Gasteiger partial charge on any atom is 0.129 e. The fourth-order valence-electron chi connectivity index (χ4n) is 2.38. The van der Waals surface area contributed by atoms with E-state index in [1.807, 2.05) is 45.0 Å². The Hall–Kier alpha value is -1.67. The van der Waals surface area contributed by atoms with E-state index in [9.17, 15) is 9.50 Å². The summed E-state index contributed by atoms with van der Waals surface area (Å²) in [7, 11) is 0. The summed E-state index contributed by atoms with van der Waals surface area (Å²) in [4.78, 5) is 0. The molecule has 2 aromatic carbocycles. The fourth-order valence-corrected chi connectivity index (χ4v) is 2.38. The van der Waals surface area contributed by atoms with Crippen LogP contribution in [0.3, 0.4) is 0 Å². The summed E-state index contributed by atoms with van der Waals surface area (Å²) in [5, 5.41) is 10.3. The van der Waals surface area contributed by atoms with Crippen LogP contribution in [0.1, 0.15) is 33.9 Å². The maximum atomic E-state index is 13.8. The Morgan fingerprint density at radius 3 is 2.26 bits per heavy atom. The van der Waals surface area contributed by atoms with Crippen molar-refractivity contribution in [1.82, 2.24) is 0 Å². The van der Waals surface area contributed by atoms with E-state index in [-0.39, 0.29) is 5.82 Å². The highest BCUT2D eigenvalue weighted by Crippen LogP contribution is 2.25. The normalized spacial score (nSPS) is 12.5. The molecule has 2 heteroatoms. The zero-order chi connectivity index (χ0) is 14.0. The number of rotatable bonds is 3. The minimum Gasteiger partial charge on any atom is -0.388 e. The average molecular weight is 258 g/mol. The van der Waals surface area contributed by atoms with Crippen LogP contribution in [0.15, 0.2) is 36.4 Å². The van der Waals surface area contributed by atoms with Crippen LogP contribution in [0.4, 0.5) is 4.39 Å². The summed E-state index contributed by atoms with van der Waals surface area (Å²) >= 11 is 0. The van der Waals surface area contributed by atoms with E-state index in [0.29, 0.717) is 12.0 Å². The van der Waals surface area contributed by atoms with Gasteiger partial charge in [-0.25, -0.2) is 4.39 Å². The van der Waals surface area contributed by atoms with Gasteiger partial charge in [-0.15, -0.1) is 0 Å². The number of aliphatic hydroxyl groups is 1. The SMILES string of the molecule is Cc1ccc(C(O)Cc2c(C)cccc2C)c(F)c1. The Balaban J connectivity index is 2.28. The van der Waals surface area contributed by atoms with Gasteiger partial charge in [0, 0.05) is 12.0 Å². The lowest BCUT2D eigenvalue weighted by Crippen LogP contribution is -2.07. The summed E-state index contributed by atoms with van der Waals surface area (Å²) in [6.07, 6.45) is -0.362. The molecule has 1 nitrogen and oxygen atoms in total. The molecule has 1 N–H and O–H groups in total. The average Bonchev–Trinajstić information content (AvgIpc) is 2.33. The predicted octanol–water partition coefficient (Wildman–Crippen LogP) is 4.03. The molecule has 0 saturated heterocycles. The summed E-state index contributed by atoms with van der Waals surface area (Å²) < 4.78 is 13.8. The van der Waals surface area contributed by atoms with Gasteiger partial charge in [0.2, 0.25) is 0 Å². The minimum absolute atomic E-state index is 0.335. The van der Waals surface area contributed by atoms with Crippen molar-refractivity contribution in [2.75, 3.05) is 0 Å². The zero-order valence-corrected chi connectivity index (χ0v) is 11.6. The van der Waals surface area contributed by atoms with E-state index in [1.165, 1.54) is 6.07 Å². The summed E-state index contributed by atoms with van der Waals surface area (Å²) in [6.45, 7) is 5.87. The van der Waals surface area contributed by atoms with Crippen LogP contribution < -0.4 is 0 Å². The van der Waals surface area contributed by atoms with Crippen LogP contribution in [0, 0.1) is 26.6 Å². The Bertz CT molecular complexity index is 570. The lowest BCUT2D eigenvalue weighted by atomic mass is 9.94. The van der Waals surface area contributed by atoms with E-state index in [0.717, 1.165) is 22.3 Å². The molecule has 0 fully saturated rings. The Kier molecular flexibility index (Phi) is 4.01. The first-order valence-corrected chi connectivity index (χ1v) is 6.48. The largest absolute Gasteiger partial charge is 0.388 e. The van der Waals surface area contributed by atoms with E-state index >= 15 is 0 Å². The number of halogens is 1. The standard InChI is InChI=1S/C17H19FO/c1-11-7-8-14(16(18)9-11)17(19)10-15-12(2)5-4-6-13(15)3/h4-9,17,19H,10H2,1-3H3. The van der Waals surface area contributed by atoms with Gasteiger partial charge in [0.1, 0.15) is 5.82 Å². The highest BCUT2D eigenvalue weighted by atomic mass is 19.1. The third kappa shape index (κ3) is 3.02. The second kappa shape index (κ2) is 5.54. The molecule has 2 rings (SSSR count). The smallest absolute Gasteiger partial charge is 0.129 e. The first-order chi connectivity index (χ1) is 8.99. The molecule has 0 aliphatic rings. The van der Waals surface area contributed by atoms with Gasteiger partial charge in [-0.1, -0.05) is 30.3 Å². The molecule has 19 heavy (non-hydrogen) atoms. The van der Waals surface area contributed by atoms with Crippen LogP contribution in [0.25, 0.3) is 0 Å². The minimum atomic E-state index is -0.805. The topological polar surface area (TPSA) is 20.2 Å². The first kappa shape index (κ1) is 13.8. The van der Waals surface area contributed by atoms with Gasteiger partial charge in [-0.05, 0) is 49.1 Å². The van der Waals surface area contributed by atoms with Gasteiger partial charge < -0.3 is 5.11 Å². The highest BCUT2D eigenvalue weighted by Gasteiger charge is 2.15. The van der Waals surface area contributed by atoms with Crippen LogP contribution in [0.2, 0.25) is 0 Å². The van der Waals surface area contributed by atoms with Crippen LogP contribution in [-0.2, 0) is 6.42 Å². The van der Waals surface area contributed by atoms with Crippen LogP contribution in [-0.4, -0.2) is 5.11 Å². The van der Waals surface area contributed by atoms with Crippen molar-refractivity contribution in [3.05, 3.63) is 70.0 Å². The molecule has 0 aliphatic heterocycles. The van der Waals surface area contributed by atoms with Crippen molar-refractivity contribution >= 4 is 0 Å². The zero-order valence-electron chi connectivity index (χ0n) is 11.6. The van der Waals surface area contributed by atoms with Crippen molar-refractivity contribution in [1.29, 1.82) is 0 Å². The molecule has 0 aromatic heterocycles. The van der Waals surface area contributed by atoms with Crippen LogP contribution in [0.5, 0.6) is 0 Å². The molecule has 2 aromatic rings. The molecule has 0 amide bonds. The third-order valence-electron chi connectivity index (χ3n) is 3.56. The van der Waals surface area contributed by atoms with Gasteiger partial charge in [0.25, 0.3) is 0 Å². The van der Waals surface area contributed by atoms with Gasteiger partial charge in [0.05, 0.1) is 6.10 Å². The van der Waals surface area contributed by atoms with Gasteiger partial charge in [0.15, 0.2) is 0 Å². The van der Waals surface area contributed by atoms with Gasteiger partial charge >= 0.3 is 0 Å². The van der Waals surface area contributed by atoms with E-state index in [4.69, 9.17) is 0 Å². The molecular formula is C17H19FO. The predicted molar refractivity (Wildman–Crippen MR) is 75.7 cm³/mol. The van der Waals surface area contributed by atoms with Crippen molar-refractivity contribution in [3.63, 3.8) is 0 Å². The Morgan fingerprint density at radius 1 is 1.05 bits per heavy atom. The monoisotopic (exact) mass is 258 g/mol. The maximum absolute atomic E-state index is 13.8. The molecule has 0 radical (unpaired) electrons. The molecular weight excluding hydrogens is 239 g/mol. The summed E-state index contributed by atoms with van der Waals surface area (Å²) in [5.74, 6) is -0.335. The van der Waals surface area contributed by atoms with Crippen molar-refractivity contribution in [2.24, 2.45) is 0 Å². The molecule has 0 aliphatic carbocycles. The van der Waals surface area contributed by atoms with E-state index < -0.39 is 6.10 Å². The summed E-state index contributed by atoms with van der Waals surface area (Å²) in [6, 6.07) is 11.0. The molecule has 100 valence electrons. The third-order valence-corrected chi connectivity index (χ3v) is 3.56. The van der Waals surface area contributed by atoms with E-state index in [1.54, 1.807) is 6.07 Å². The van der Waals surface area contributed by atoms with Gasteiger partial charge in [-0.2, -0.15) is 0 Å². The molecule has 0 saturated carbocycles. The highest BCUT2D eigenvalue weighted by molar-refractivity contribution is 5.35. The number of aryl methyl sites for hydroxylation is 3. The molecule has 0 spiro atoms. The molecule has 1 atom stereocenters. The van der Waals surface area contributed by atoms with Crippen LogP contribution >= 0.6 is 0 Å².